The number of methoxy groups -OCH3 is 2. The van der Waals surface area contributed by atoms with E-state index in [1.807, 2.05) is 24.3 Å². The van der Waals surface area contributed by atoms with Crippen LogP contribution in [0.2, 0.25) is 0 Å². The second-order valence-corrected chi connectivity index (χ2v) is 9.13. The van der Waals surface area contributed by atoms with Crippen LogP contribution >= 0.6 is 0 Å². The maximum atomic E-state index is 12.6. The number of carbonyl (C=O) groups is 1. The van der Waals surface area contributed by atoms with Gasteiger partial charge in [-0.3, -0.25) is 9.69 Å². The van der Waals surface area contributed by atoms with Crippen LogP contribution < -0.4 is 9.47 Å². The molecule has 0 amide bonds. The van der Waals surface area contributed by atoms with Crippen LogP contribution in [0.3, 0.4) is 0 Å². The maximum Gasteiger partial charge on any atom is 0.306 e. The Kier molecular flexibility index (Phi) is 5.72. The molecule has 3 atom stereocenters. The van der Waals surface area contributed by atoms with E-state index in [1.54, 1.807) is 20.3 Å². The molecule has 0 saturated carbocycles. The number of fused-ring (bicyclic) bond motifs is 9. The lowest BCUT2D eigenvalue weighted by atomic mass is 9.81. The molecule has 6 nitrogen and oxygen atoms in total. The summed E-state index contributed by atoms with van der Waals surface area (Å²) >= 11 is 0. The van der Waals surface area contributed by atoms with Crippen molar-refractivity contribution in [2.45, 2.75) is 63.1 Å². The fourth-order valence-corrected chi connectivity index (χ4v) is 5.72. The van der Waals surface area contributed by atoms with Gasteiger partial charge in [-0.25, -0.2) is 0 Å². The third kappa shape index (κ3) is 3.81. The normalized spacial score (nSPS) is 25.4. The van der Waals surface area contributed by atoms with E-state index in [2.05, 4.69) is 4.90 Å². The fourth-order valence-electron chi connectivity index (χ4n) is 5.72. The van der Waals surface area contributed by atoms with Crippen LogP contribution in [0.15, 0.2) is 30.3 Å². The molecule has 0 spiro atoms. The molecule has 0 radical (unpaired) electrons. The van der Waals surface area contributed by atoms with Crippen LogP contribution in [0, 0.1) is 0 Å². The van der Waals surface area contributed by atoms with Gasteiger partial charge in [0, 0.05) is 36.9 Å². The number of aryl methyl sites for hydroxylation is 1. The van der Waals surface area contributed by atoms with Crippen molar-refractivity contribution in [1.82, 2.24) is 4.90 Å². The second kappa shape index (κ2) is 8.66. The minimum absolute atomic E-state index is 0.0733. The van der Waals surface area contributed by atoms with E-state index in [-0.39, 0.29) is 23.9 Å². The van der Waals surface area contributed by atoms with Gasteiger partial charge in [0.1, 0.15) is 11.9 Å². The average Bonchev–Trinajstić information content (AvgIpc) is 2.81. The summed E-state index contributed by atoms with van der Waals surface area (Å²) in [6.07, 6.45) is 5.95. The Morgan fingerprint density at radius 1 is 1.00 bits per heavy atom. The van der Waals surface area contributed by atoms with Crippen molar-refractivity contribution in [3.8, 4) is 28.4 Å². The topological polar surface area (TPSA) is 68.2 Å². The number of piperidine rings is 2. The van der Waals surface area contributed by atoms with E-state index in [1.165, 1.54) is 12.8 Å². The lowest BCUT2D eigenvalue weighted by Gasteiger charge is -2.48. The highest BCUT2D eigenvalue weighted by Crippen LogP contribution is 2.47. The zero-order valence-corrected chi connectivity index (χ0v) is 18.8. The fraction of sp³-hybridized carbons (Fsp3) is 0.500. The third-order valence-electron chi connectivity index (χ3n) is 7.28. The number of phenolic OH excluding ortho intramolecular Hbond substituents is 1. The molecule has 1 N–H and O–H groups in total. The molecule has 6 heteroatoms. The van der Waals surface area contributed by atoms with Gasteiger partial charge >= 0.3 is 5.97 Å². The Balaban J connectivity index is 1.73. The summed E-state index contributed by atoms with van der Waals surface area (Å²) in [6, 6.07) is 10.1. The lowest BCUT2D eigenvalue weighted by molar-refractivity contribution is -0.154. The lowest BCUT2D eigenvalue weighted by Crippen LogP contribution is -2.49. The van der Waals surface area contributed by atoms with Crippen molar-refractivity contribution in [3.63, 3.8) is 0 Å². The molecule has 0 unspecified atom stereocenters. The first-order valence-corrected chi connectivity index (χ1v) is 11.6. The zero-order valence-electron chi connectivity index (χ0n) is 18.8. The number of carbonyl (C=O) groups excluding carboxylic acids is 1. The number of rotatable bonds is 2. The molecule has 3 aliphatic rings. The number of benzene rings is 2. The summed E-state index contributed by atoms with van der Waals surface area (Å²) in [5.74, 6) is 1.39. The van der Waals surface area contributed by atoms with Gasteiger partial charge in [0.25, 0.3) is 0 Å². The van der Waals surface area contributed by atoms with Gasteiger partial charge in [0.05, 0.1) is 14.2 Å². The highest BCUT2D eigenvalue weighted by molar-refractivity contribution is 5.77. The van der Waals surface area contributed by atoms with Crippen molar-refractivity contribution in [2.24, 2.45) is 0 Å². The van der Waals surface area contributed by atoms with Crippen LogP contribution in [-0.4, -0.2) is 48.9 Å². The SMILES string of the molecule is COc1cc2c(cc1OC)[C@@H]1C[C@H](C[C@H]3CCCCN31)OC(=O)CCc1ccc(O)c-2c1. The molecule has 2 aromatic rings. The van der Waals surface area contributed by atoms with Crippen molar-refractivity contribution < 1.29 is 24.1 Å². The van der Waals surface area contributed by atoms with Crippen molar-refractivity contribution in [2.75, 3.05) is 20.8 Å². The van der Waals surface area contributed by atoms with E-state index >= 15 is 0 Å². The monoisotopic (exact) mass is 437 g/mol. The summed E-state index contributed by atoms with van der Waals surface area (Å²) in [6.45, 7) is 1.02. The first kappa shape index (κ1) is 21.1. The van der Waals surface area contributed by atoms with E-state index in [0.717, 1.165) is 48.1 Å². The van der Waals surface area contributed by atoms with Crippen LogP contribution in [0.4, 0.5) is 0 Å². The van der Waals surface area contributed by atoms with E-state index in [4.69, 9.17) is 14.2 Å². The molecule has 2 aromatic carbocycles. The molecule has 3 heterocycles. The minimum atomic E-state index is -0.138. The molecule has 3 aliphatic heterocycles. The molecule has 0 aromatic heterocycles. The number of nitrogens with zero attached hydrogens (tertiary/aromatic N) is 1. The van der Waals surface area contributed by atoms with Crippen molar-refractivity contribution >= 4 is 5.97 Å². The summed E-state index contributed by atoms with van der Waals surface area (Å²) in [5.41, 5.74) is 3.80. The van der Waals surface area contributed by atoms with Crippen LogP contribution in [0.25, 0.3) is 11.1 Å². The Bertz CT molecular complexity index is 1020. The Hall–Kier alpha value is -2.73. The highest BCUT2D eigenvalue weighted by Gasteiger charge is 2.40. The predicted octanol–water partition coefficient (Wildman–Crippen LogP) is 4.62. The first-order valence-electron chi connectivity index (χ1n) is 11.6. The summed E-state index contributed by atoms with van der Waals surface area (Å²) in [4.78, 5) is 15.2. The molecule has 0 aliphatic carbocycles. The maximum absolute atomic E-state index is 12.6. The molecule has 5 rings (SSSR count). The number of hydrogen-bond donors (Lipinski definition) is 1. The van der Waals surface area contributed by atoms with Crippen LogP contribution in [0.1, 0.15) is 55.7 Å². The largest absolute Gasteiger partial charge is 0.507 e. The van der Waals surface area contributed by atoms with Crippen LogP contribution in [0.5, 0.6) is 17.2 Å². The second-order valence-electron chi connectivity index (χ2n) is 9.13. The van der Waals surface area contributed by atoms with Gasteiger partial charge in [-0.1, -0.05) is 12.5 Å². The van der Waals surface area contributed by atoms with Gasteiger partial charge in [-0.05, 0) is 66.8 Å². The standard InChI is InChI=1S/C26H31NO5/c1-30-24-14-19-20(15-25(24)31-2)22-13-18(12-17-5-3-4-10-27(17)22)32-26(29)9-7-16-6-8-23(28)21(19)11-16/h6,8,11,14-15,17-18,22,28H,3-5,7,9-10,12-13H2,1-2H3/t17-,18+,22+/m1/s1. The summed E-state index contributed by atoms with van der Waals surface area (Å²) < 4.78 is 17.3. The van der Waals surface area contributed by atoms with Gasteiger partial charge < -0.3 is 19.3 Å². The van der Waals surface area contributed by atoms with E-state index < -0.39 is 0 Å². The Morgan fingerprint density at radius 2 is 1.81 bits per heavy atom. The Morgan fingerprint density at radius 3 is 2.62 bits per heavy atom. The zero-order chi connectivity index (χ0) is 22.2. The first-order chi connectivity index (χ1) is 15.6. The minimum Gasteiger partial charge on any atom is -0.507 e. The molecule has 2 fully saturated rings. The van der Waals surface area contributed by atoms with Crippen molar-refractivity contribution in [3.05, 3.63) is 41.5 Å². The quantitative estimate of drug-likeness (QED) is 0.692. The Labute approximate surface area is 189 Å². The molecule has 2 saturated heterocycles. The molecule has 170 valence electrons. The van der Waals surface area contributed by atoms with Crippen molar-refractivity contribution in [1.29, 1.82) is 0 Å². The highest BCUT2D eigenvalue weighted by atomic mass is 16.5. The average molecular weight is 438 g/mol. The van der Waals surface area contributed by atoms with Crippen LogP contribution in [-0.2, 0) is 16.0 Å². The predicted molar refractivity (Wildman–Crippen MR) is 121 cm³/mol. The van der Waals surface area contributed by atoms with E-state index in [9.17, 15) is 9.90 Å². The molecular weight excluding hydrogens is 406 g/mol. The number of hydrogen-bond acceptors (Lipinski definition) is 6. The smallest absolute Gasteiger partial charge is 0.306 e. The number of aromatic hydroxyl groups is 1. The number of ether oxygens (including phenoxy) is 3. The van der Waals surface area contributed by atoms with E-state index in [0.29, 0.717) is 30.4 Å². The molecule has 4 bridgehead atoms. The summed E-state index contributed by atoms with van der Waals surface area (Å²) in [7, 11) is 3.28. The third-order valence-corrected chi connectivity index (χ3v) is 7.28. The van der Waals surface area contributed by atoms with Gasteiger partial charge in [-0.15, -0.1) is 0 Å². The van der Waals surface area contributed by atoms with Gasteiger partial charge in [0.2, 0.25) is 0 Å². The number of phenols is 1. The number of esters is 1. The molecule has 32 heavy (non-hydrogen) atoms. The molecular formula is C26H31NO5. The summed E-state index contributed by atoms with van der Waals surface area (Å²) in [5, 5.41) is 10.8. The van der Waals surface area contributed by atoms with Gasteiger partial charge in [-0.2, -0.15) is 0 Å². The van der Waals surface area contributed by atoms with Gasteiger partial charge in [0.15, 0.2) is 11.5 Å².